The Bertz CT molecular complexity index is 911. The summed E-state index contributed by atoms with van der Waals surface area (Å²) < 4.78 is 38.0. The number of carbonyl (C=O) groups is 2. The number of hydrogen-bond acceptors (Lipinski definition) is 4. The molecule has 2 amide bonds. The van der Waals surface area contributed by atoms with Crippen molar-refractivity contribution in [2.75, 3.05) is 17.2 Å². The predicted octanol–water partition coefficient (Wildman–Crippen LogP) is 4.16. The summed E-state index contributed by atoms with van der Waals surface area (Å²) in [7, 11) is 0. The second kappa shape index (κ2) is 9.72. The van der Waals surface area contributed by atoms with Gasteiger partial charge in [0.1, 0.15) is 6.21 Å². The van der Waals surface area contributed by atoms with Gasteiger partial charge in [-0.15, -0.1) is 0 Å². The van der Waals surface area contributed by atoms with E-state index in [2.05, 4.69) is 15.8 Å². The number of anilines is 2. The van der Waals surface area contributed by atoms with E-state index in [9.17, 15) is 22.8 Å². The van der Waals surface area contributed by atoms with Crippen LogP contribution in [0.4, 0.5) is 24.5 Å². The summed E-state index contributed by atoms with van der Waals surface area (Å²) in [6.45, 7) is 3.41. The summed E-state index contributed by atoms with van der Waals surface area (Å²) >= 11 is 0. The number of para-hydroxylation sites is 1. The molecule has 0 fully saturated rings. The minimum Gasteiger partial charge on any atom is -0.385 e. The van der Waals surface area contributed by atoms with E-state index in [1.165, 1.54) is 12.1 Å². The highest BCUT2D eigenvalue weighted by Gasteiger charge is 2.30. The number of halogens is 3. The van der Waals surface area contributed by atoms with Gasteiger partial charge in [0.15, 0.2) is 6.61 Å². The van der Waals surface area contributed by atoms with E-state index in [0.717, 1.165) is 35.9 Å². The molecule has 2 N–H and O–H groups in total. The van der Waals surface area contributed by atoms with Gasteiger partial charge in [0, 0.05) is 11.4 Å². The van der Waals surface area contributed by atoms with Crippen LogP contribution in [0.5, 0.6) is 0 Å². The first-order valence-electron chi connectivity index (χ1n) is 8.72. The maximum atomic E-state index is 12.7. The molecule has 0 spiro atoms. The Morgan fingerprint density at radius 2 is 1.86 bits per heavy atom. The Hall–Kier alpha value is -3.36. The lowest BCUT2D eigenvalue weighted by Gasteiger charge is -2.12. The Balaban J connectivity index is 1.85. The molecule has 2 aromatic carbocycles. The van der Waals surface area contributed by atoms with Crippen LogP contribution in [0.1, 0.15) is 23.6 Å². The van der Waals surface area contributed by atoms with Crippen LogP contribution in [0.2, 0.25) is 0 Å². The van der Waals surface area contributed by atoms with Crippen LogP contribution >= 0.6 is 0 Å². The highest BCUT2D eigenvalue weighted by molar-refractivity contribution is 6.31. The van der Waals surface area contributed by atoms with Gasteiger partial charge in [0.25, 0.3) is 11.8 Å². The molecule has 0 saturated heterocycles. The molecule has 0 saturated carbocycles. The fourth-order valence-electron chi connectivity index (χ4n) is 2.51. The van der Waals surface area contributed by atoms with Crippen molar-refractivity contribution in [3.8, 4) is 0 Å². The van der Waals surface area contributed by atoms with Gasteiger partial charge in [-0.3, -0.25) is 9.59 Å². The molecule has 0 heterocycles. The molecule has 9 heteroatoms. The number of amides is 2. The molecule has 0 radical (unpaired) electrons. The monoisotopic (exact) mass is 407 g/mol. The molecule has 0 aliphatic heterocycles. The number of benzene rings is 2. The zero-order valence-corrected chi connectivity index (χ0v) is 15.8. The molecule has 2 rings (SSSR count). The number of rotatable bonds is 7. The van der Waals surface area contributed by atoms with Gasteiger partial charge in [0.05, 0.1) is 5.56 Å². The van der Waals surface area contributed by atoms with E-state index in [1.54, 1.807) is 0 Å². The largest absolute Gasteiger partial charge is 0.416 e. The highest BCUT2D eigenvalue weighted by Crippen LogP contribution is 2.30. The third-order valence-corrected chi connectivity index (χ3v) is 3.90. The molecule has 0 aromatic heterocycles. The van der Waals surface area contributed by atoms with E-state index < -0.39 is 30.2 Å². The Kier molecular flexibility index (Phi) is 7.35. The Morgan fingerprint density at radius 1 is 1.14 bits per heavy atom. The zero-order valence-electron chi connectivity index (χ0n) is 15.8. The van der Waals surface area contributed by atoms with Gasteiger partial charge in [0.2, 0.25) is 0 Å². The number of hydrogen-bond donors (Lipinski definition) is 2. The summed E-state index contributed by atoms with van der Waals surface area (Å²) in [5.41, 5.74) is 1.65. The van der Waals surface area contributed by atoms with Crippen LogP contribution in [0.15, 0.2) is 47.6 Å². The van der Waals surface area contributed by atoms with Gasteiger partial charge in [-0.05, 0) is 42.7 Å². The topological polar surface area (TPSA) is 79.8 Å². The lowest BCUT2D eigenvalue weighted by atomic mass is 10.1. The van der Waals surface area contributed by atoms with Crippen LogP contribution in [-0.4, -0.2) is 24.6 Å². The van der Waals surface area contributed by atoms with Crippen LogP contribution in [0, 0.1) is 6.92 Å². The molecule has 0 aliphatic rings. The molecule has 0 unspecified atom stereocenters. The fourth-order valence-corrected chi connectivity index (χ4v) is 2.51. The van der Waals surface area contributed by atoms with Crippen LogP contribution in [0.3, 0.4) is 0 Å². The Morgan fingerprint density at radius 3 is 2.55 bits per heavy atom. The van der Waals surface area contributed by atoms with Gasteiger partial charge >= 0.3 is 6.18 Å². The van der Waals surface area contributed by atoms with Crippen molar-refractivity contribution < 1.29 is 27.6 Å². The van der Waals surface area contributed by atoms with Crippen molar-refractivity contribution in [3.05, 3.63) is 59.2 Å². The maximum Gasteiger partial charge on any atom is 0.416 e. The number of carbonyl (C=O) groups excluding carboxylic acids is 2. The molecule has 0 bridgehead atoms. The summed E-state index contributed by atoms with van der Waals surface area (Å²) in [6, 6.07) is 9.84. The smallest absolute Gasteiger partial charge is 0.385 e. The summed E-state index contributed by atoms with van der Waals surface area (Å²) in [5.74, 6) is -1.25. The molecule has 0 atom stereocenters. The normalized spacial score (nSPS) is 11.3. The molecule has 154 valence electrons. The summed E-state index contributed by atoms with van der Waals surface area (Å²) in [5, 5.41) is 8.33. The molecule has 0 aliphatic carbocycles. The predicted molar refractivity (Wildman–Crippen MR) is 104 cm³/mol. The second-order valence-electron chi connectivity index (χ2n) is 6.09. The Labute approximate surface area is 165 Å². The number of alkyl halides is 3. The van der Waals surface area contributed by atoms with E-state index >= 15 is 0 Å². The number of nitrogens with zero attached hydrogens (tertiary/aromatic N) is 1. The van der Waals surface area contributed by atoms with Gasteiger partial charge in [-0.2, -0.15) is 13.2 Å². The first-order valence-corrected chi connectivity index (χ1v) is 8.72. The van der Waals surface area contributed by atoms with E-state index in [1.807, 2.05) is 32.0 Å². The molecule has 29 heavy (non-hydrogen) atoms. The summed E-state index contributed by atoms with van der Waals surface area (Å²) in [4.78, 5) is 28.5. The highest BCUT2D eigenvalue weighted by atomic mass is 19.4. The quantitative estimate of drug-likeness (QED) is 0.534. The van der Waals surface area contributed by atoms with E-state index in [4.69, 9.17) is 4.84 Å². The first-order chi connectivity index (χ1) is 13.7. The zero-order chi connectivity index (χ0) is 21.4. The van der Waals surface area contributed by atoms with Crippen LogP contribution < -0.4 is 10.6 Å². The average molecular weight is 407 g/mol. The van der Waals surface area contributed by atoms with E-state index in [0.29, 0.717) is 5.69 Å². The van der Waals surface area contributed by atoms with Crippen molar-refractivity contribution in [1.82, 2.24) is 0 Å². The second-order valence-corrected chi connectivity index (χ2v) is 6.09. The standard InChI is InChI=1S/C20H20F3N3O3/c1-3-14-7-4-6-13(2)19(14)26-18(28)12-29-24-11-17(27)25-16-9-5-8-15(10-16)20(21,22)23/h4-11H,3,12H2,1-2H3,(H,25,27)(H,26,28)/b24-11+. The molecular formula is C20H20F3N3O3. The molecule has 2 aromatic rings. The minimum absolute atomic E-state index is 0.0411. The molecule has 6 nitrogen and oxygen atoms in total. The maximum absolute atomic E-state index is 12.7. The number of nitrogens with one attached hydrogen (secondary N) is 2. The van der Waals surface area contributed by atoms with Crippen molar-refractivity contribution in [3.63, 3.8) is 0 Å². The number of aryl methyl sites for hydroxylation is 2. The SMILES string of the molecule is CCc1cccc(C)c1NC(=O)CO/N=C/C(=O)Nc1cccc(C(F)(F)F)c1. The first kappa shape index (κ1) is 21.9. The lowest BCUT2D eigenvalue weighted by Crippen LogP contribution is -2.19. The van der Waals surface area contributed by atoms with Gasteiger partial charge in [-0.25, -0.2) is 0 Å². The average Bonchev–Trinajstić information content (AvgIpc) is 2.66. The van der Waals surface area contributed by atoms with Gasteiger partial charge < -0.3 is 15.5 Å². The lowest BCUT2D eigenvalue weighted by molar-refractivity contribution is -0.137. The van der Waals surface area contributed by atoms with E-state index in [-0.39, 0.29) is 5.69 Å². The third-order valence-electron chi connectivity index (χ3n) is 3.90. The van der Waals surface area contributed by atoms with Gasteiger partial charge in [-0.1, -0.05) is 36.3 Å². The van der Waals surface area contributed by atoms with Crippen molar-refractivity contribution in [1.29, 1.82) is 0 Å². The van der Waals surface area contributed by atoms with Crippen LogP contribution in [-0.2, 0) is 27.0 Å². The van der Waals surface area contributed by atoms with Crippen molar-refractivity contribution in [2.45, 2.75) is 26.4 Å². The molecular weight excluding hydrogens is 387 g/mol. The third kappa shape index (κ3) is 6.63. The minimum atomic E-state index is -4.51. The van der Waals surface area contributed by atoms with Crippen molar-refractivity contribution >= 4 is 29.4 Å². The number of oxime groups is 1. The fraction of sp³-hybridized carbons (Fsp3) is 0.250. The van der Waals surface area contributed by atoms with Crippen LogP contribution in [0.25, 0.3) is 0 Å². The summed E-state index contributed by atoms with van der Waals surface area (Å²) in [6.07, 6.45) is -3.04. The van der Waals surface area contributed by atoms with Crippen molar-refractivity contribution in [2.24, 2.45) is 5.16 Å².